The average molecular weight is 333 g/mol. The zero-order valence-corrected chi connectivity index (χ0v) is 13.5. The van der Waals surface area contributed by atoms with Crippen LogP contribution < -0.4 is 0 Å². The van der Waals surface area contributed by atoms with Crippen LogP contribution in [0.5, 0.6) is 0 Å². The molecule has 1 aromatic carbocycles. The van der Waals surface area contributed by atoms with Crippen LogP contribution in [0.4, 0.5) is 4.39 Å². The first-order valence-electron chi connectivity index (χ1n) is 7.94. The van der Waals surface area contributed by atoms with Crippen LogP contribution in [-0.2, 0) is 9.47 Å². The Bertz CT molecular complexity index is 681. The van der Waals surface area contributed by atoms with Gasteiger partial charge in [0.1, 0.15) is 11.9 Å². The summed E-state index contributed by atoms with van der Waals surface area (Å²) in [6.45, 7) is 5.66. The van der Waals surface area contributed by atoms with Crippen molar-refractivity contribution in [3.63, 3.8) is 0 Å². The smallest absolute Gasteiger partial charge is 0.359 e. The molecule has 6 nitrogen and oxygen atoms in total. The molecule has 0 aliphatic carbocycles. The molecule has 1 unspecified atom stereocenters. The minimum atomic E-state index is -0.461. The van der Waals surface area contributed by atoms with Crippen molar-refractivity contribution in [1.29, 1.82) is 0 Å². The van der Waals surface area contributed by atoms with E-state index < -0.39 is 5.97 Å². The molecule has 0 spiro atoms. The van der Waals surface area contributed by atoms with Gasteiger partial charge < -0.3 is 9.47 Å². The third kappa shape index (κ3) is 4.18. The first kappa shape index (κ1) is 16.6. The number of aromatic nitrogens is 2. The monoisotopic (exact) mass is 333 g/mol. The van der Waals surface area contributed by atoms with Gasteiger partial charge in [0.05, 0.1) is 18.9 Å². The van der Waals surface area contributed by atoms with Crippen molar-refractivity contribution in [2.45, 2.75) is 13.0 Å². The Kier molecular flexibility index (Phi) is 5.22. The lowest BCUT2D eigenvalue weighted by molar-refractivity contribution is 0.0000927. The lowest BCUT2D eigenvalue weighted by Crippen LogP contribution is -2.41. The molecule has 0 radical (unpaired) electrons. The summed E-state index contributed by atoms with van der Waals surface area (Å²) >= 11 is 0. The number of hydrogen-bond acceptors (Lipinski definition) is 5. The molecule has 2 heterocycles. The van der Waals surface area contributed by atoms with Gasteiger partial charge in [0.15, 0.2) is 5.69 Å². The minimum absolute atomic E-state index is 0.230. The van der Waals surface area contributed by atoms with Crippen LogP contribution in [0.1, 0.15) is 17.4 Å². The molecule has 0 saturated carbocycles. The fourth-order valence-electron chi connectivity index (χ4n) is 2.60. The van der Waals surface area contributed by atoms with Crippen molar-refractivity contribution in [2.24, 2.45) is 0 Å². The molecule has 0 bridgehead atoms. The van der Waals surface area contributed by atoms with E-state index in [1.165, 1.54) is 16.8 Å². The molecule has 2 aromatic rings. The second kappa shape index (κ2) is 7.55. The van der Waals surface area contributed by atoms with Crippen molar-refractivity contribution in [3.05, 3.63) is 48.0 Å². The summed E-state index contributed by atoms with van der Waals surface area (Å²) < 4.78 is 25.2. The fourth-order valence-corrected chi connectivity index (χ4v) is 2.60. The highest BCUT2D eigenvalue weighted by molar-refractivity contribution is 5.87. The molecule has 1 atom stereocenters. The zero-order chi connectivity index (χ0) is 16.9. The number of nitrogens with zero attached hydrogens (tertiary/aromatic N) is 3. The summed E-state index contributed by atoms with van der Waals surface area (Å²) in [7, 11) is 0. The largest absolute Gasteiger partial charge is 0.457 e. The van der Waals surface area contributed by atoms with E-state index in [2.05, 4.69) is 10.00 Å². The Morgan fingerprint density at radius 2 is 2.00 bits per heavy atom. The van der Waals surface area contributed by atoms with Crippen LogP contribution in [0.3, 0.4) is 0 Å². The van der Waals surface area contributed by atoms with E-state index in [-0.39, 0.29) is 17.6 Å². The number of halogens is 1. The highest BCUT2D eigenvalue weighted by Crippen LogP contribution is 2.10. The second-order valence-corrected chi connectivity index (χ2v) is 5.75. The number of hydrogen-bond donors (Lipinski definition) is 0. The van der Waals surface area contributed by atoms with Gasteiger partial charge in [-0.05, 0) is 37.3 Å². The van der Waals surface area contributed by atoms with Gasteiger partial charge in [-0.3, -0.25) is 4.90 Å². The van der Waals surface area contributed by atoms with Gasteiger partial charge in [-0.2, -0.15) is 5.10 Å². The molecular weight excluding hydrogens is 313 g/mol. The maximum Gasteiger partial charge on any atom is 0.359 e. The van der Waals surface area contributed by atoms with E-state index in [1.54, 1.807) is 24.4 Å². The molecule has 1 aliphatic rings. The normalized spacial score (nSPS) is 16.8. The van der Waals surface area contributed by atoms with Crippen LogP contribution in [-0.4, -0.2) is 59.6 Å². The highest BCUT2D eigenvalue weighted by Gasteiger charge is 2.19. The van der Waals surface area contributed by atoms with Crippen molar-refractivity contribution in [2.75, 3.05) is 32.8 Å². The van der Waals surface area contributed by atoms with Crippen molar-refractivity contribution in [1.82, 2.24) is 14.7 Å². The molecule has 3 rings (SSSR count). The van der Waals surface area contributed by atoms with Crippen LogP contribution in [0.25, 0.3) is 5.69 Å². The van der Waals surface area contributed by atoms with Gasteiger partial charge in [-0.1, -0.05) is 0 Å². The average Bonchev–Trinajstić information content (AvgIpc) is 3.06. The summed E-state index contributed by atoms with van der Waals surface area (Å²) in [6.07, 6.45) is 1.42. The number of benzene rings is 1. The third-order valence-corrected chi connectivity index (χ3v) is 3.82. The Balaban J connectivity index is 1.58. The topological polar surface area (TPSA) is 56.6 Å². The molecule has 0 N–H and O–H groups in total. The van der Waals surface area contributed by atoms with E-state index in [0.29, 0.717) is 25.4 Å². The maximum atomic E-state index is 13.0. The summed E-state index contributed by atoms with van der Waals surface area (Å²) in [6, 6.07) is 7.48. The molecule has 128 valence electrons. The molecule has 7 heteroatoms. The number of rotatable bonds is 5. The van der Waals surface area contributed by atoms with Gasteiger partial charge in [-0.25, -0.2) is 13.9 Å². The van der Waals surface area contributed by atoms with Gasteiger partial charge >= 0.3 is 5.97 Å². The van der Waals surface area contributed by atoms with E-state index in [0.717, 1.165) is 13.1 Å². The summed E-state index contributed by atoms with van der Waals surface area (Å²) in [4.78, 5) is 14.4. The number of carbonyl (C=O) groups is 1. The molecule has 24 heavy (non-hydrogen) atoms. The Labute approximate surface area is 139 Å². The van der Waals surface area contributed by atoms with Crippen molar-refractivity contribution >= 4 is 5.97 Å². The van der Waals surface area contributed by atoms with E-state index in [4.69, 9.17) is 9.47 Å². The summed E-state index contributed by atoms with van der Waals surface area (Å²) in [5.41, 5.74) is 0.907. The van der Waals surface area contributed by atoms with Crippen LogP contribution in [0, 0.1) is 5.82 Å². The standard InChI is InChI=1S/C17H20FN3O3/c1-13(12-20-8-10-23-11-9-20)24-17(22)16-6-7-21(19-16)15-4-2-14(18)3-5-15/h2-7,13H,8-12H2,1H3. The Morgan fingerprint density at radius 3 is 2.71 bits per heavy atom. The quantitative estimate of drug-likeness (QED) is 0.782. The zero-order valence-electron chi connectivity index (χ0n) is 13.5. The molecule has 1 aliphatic heterocycles. The molecule has 0 amide bonds. The first-order chi connectivity index (χ1) is 11.6. The predicted octanol–water partition coefficient (Wildman–Crippen LogP) is 1.89. The first-order valence-corrected chi connectivity index (χ1v) is 7.94. The van der Waals surface area contributed by atoms with E-state index >= 15 is 0 Å². The molecule has 1 aromatic heterocycles. The maximum absolute atomic E-state index is 13.0. The fraction of sp³-hybridized carbons (Fsp3) is 0.412. The van der Waals surface area contributed by atoms with Gasteiger partial charge in [0.2, 0.25) is 0 Å². The lowest BCUT2D eigenvalue weighted by atomic mass is 10.3. The third-order valence-electron chi connectivity index (χ3n) is 3.82. The van der Waals surface area contributed by atoms with Gasteiger partial charge in [0.25, 0.3) is 0 Å². The van der Waals surface area contributed by atoms with E-state index in [9.17, 15) is 9.18 Å². The number of ether oxygens (including phenoxy) is 2. The Hall–Kier alpha value is -2.25. The summed E-state index contributed by atoms with van der Waals surface area (Å²) in [5.74, 6) is -0.779. The molecule has 1 saturated heterocycles. The Morgan fingerprint density at radius 1 is 1.29 bits per heavy atom. The van der Waals surface area contributed by atoms with E-state index in [1.807, 2.05) is 6.92 Å². The van der Waals surface area contributed by atoms with Crippen LogP contribution >= 0.6 is 0 Å². The number of morpholine rings is 1. The van der Waals surface area contributed by atoms with Crippen molar-refractivity contribution in [3.8, 4) is 5.69 Å². The number of carbonyl (C=O) groups excluding carboxylic acids is 1. The molecule has 1 fully saturated rings. The second-order valence-electron chi connectivity index (χ2n) is 5.75. The predicted molar refractivity (Wildman–Crippen MR) is 85.7 cm³/mol. The van der Waals surface area contributed by atoms with Crippen LogP contribution in [0.15, 0.2) is 36.5 Å². The summed E-state index contributed by atoms with van der Waals surface area (Å²) in [5, 5.41) is 4.20. The lowest BCUT2D eigenvalue weighted by Gasteiger charge is -2.28. The van der Waals surface area contributed by atoms with Gasteiger partial charge in [-0.15, -0.1) is 0 Å². The minimum Gasteiger partial charge on any atom is -0.457 e. The highest BCUT2D eigenvalue weighted by atomic mass is 19.1. The molecular formula is C17H20FN3O3. The SMILES string of the molecule is CC(CN1CCOCC1)OC(=O)c1ccn(-c2ccc(F)cc2)n1. The number of esters is 1. The van der Waals surface area contributed by atoms with Crippen LogP contribution in [0.2, 0.25) is 0 Å². The van der Waals surface area contributed by atoms with Gasteiger partial charge in [0, 0.05) is 25.8 Å². The van der Waals surface area contributed by atoms with Crippen molar-refractivity contribution < 1.29 is 18.7 Å².